The molecule has 0 aliphatic carbocycles. The Balaban J connectivity index is 1.74. The van der Waals surface area contributed by atoms with Gasteiger partial charge in [-0.15, -0.1) is 0 Å². The van der Waals surface area contributed by atoms with Crippen LogP contribution in [-0.4, -0.2) is 0 Å². The molecule has 0 aliphatic heterocycles. The molecule has 27 heavy (non-hydrogen) atoms. The van der Waals surface area contributed by atoms with E-state index in [1.165, 1.54) is 73.6 Å². The first-order valence-electron chi connectivity index (χ1n) is 11.1. The summed E-state index contributed by atoms with van der Waals surface area (Å²) in [4.78, 5) is 0. The van der Waals surface area contributed by atoms with Gasteiger partial charge in [0.25, 0.3) is 0 Å². The smallest absolute Gasteiger partial charge is 0.0238 e. The Bertz CT molecular complexity index is 648. The highest BCUT2D eigenvalue weighted by Crippen LogP contribution is 2.14. The molecule has 0 atom stereocenters. The molecular formula is C27H38. The molecule has 146 valence electrons. The van der Waals surface area contributed by atoms with Crippen molar-refractivity contribution in [3.63, 3.8) is 0 Å². The molecular weight excluding hydrogens is 324 g/mol. The van der Waals surface area contributed by atoms with Crippen molar-refractivity contribution in [1.29, 1.82) is 0 Å². The third-order valence-electron chi connectivity index (χ3n) is 5.26. The minimum absolute atomic E-state index is 1.12. The van der Waals surface area contributed by atoms with Gasteiger partial charge in [-0.05, 0) is 54.4 Å². The largest absolute Gasteiger partial charge is 0.0840 e. The van der Waals surface area contributed by atoms with E-state index in [0.717, 1.165) is 19.3 Å². The van der Waals surface area contributed by atoms with Crippen LogP contribution in [0, 0.1) is 0 Å². The van der Waals surface area contributed by atoms with E-state index in [1.54, 1.807) is 0 Å². The zero-order valence-electron chi connectivity index (χ0n) is 17.6. The standard InChI is InChI=1S/C27H38/c1-3-5-7-8-9-11-13-24-17-19-25(20-18-24)21-22-27-16-12-15-26(23-27)14-10-6-4-2/h10,12,14-20,23H,3-9,11,13,21-22H2,1-2H3/b14-10+. The van der Waals surface area contributed by atoms with Crippen molar-refractivity contribution in [2.24, 2.45) is 0 Å². The number of aryl methyl sites for hydroxylation is 3. The van der Waals surface area contributed by atoms with E-state index < -0.39 is 0 Å². The van der Waals surface area contributed by atoms with E-state index in [1.807, 2.05) is 0 Å². The fourth-order valence-corrected chi connectivity index (χ4v) is 3.51. The van der Waals surface area contributed by atoms with Gasteiger partial charge in [-0.2, -0.15) is 0 Å². The second-order valence-corrected chi connectivity index (χ2v) is 7.77. The first-order valence-corrected chi connectivity index (χ1v) is 11.1. The first-order chi connectivity index (χ1) is 13.3. The Kier molecular flexibility index (Phi) is 10.6. The fourth-order valence-electron chi connectivity index (χ4n) is 3.51. The maximum Gasteiger partial charge on any atom is -0.0238 e. The lowest BCUT2D eigenvalue weighted by atomic mass is 10.00. The molecule has 2 rings (SSSR count). The van der Waals surface area contributed by atoms with Crippen LogP contribution in [0.5, 0.6) is 0 Å². The van der Waals surface area contributed by atoms with Crippen LogP contribution in [0.2, 0.25) is 0 Å². The quantitative estimate of drug-likeness (QED) is 0.315. The summed E-state index contributed by atoms with van der Waals surface area (Å²) in [7, 11) is 0. The Morgan fingerprint density at radius 3 is 2.04 bits per heavy atom. The number of unbranched alkanes of at least 4 members (excludes halogenated alkanes) is 6. The van der Waals surface area contributed by atoms with Gasteiger partial charge in [0.05, 0.1) is 0 Å². The monoisotopic (exact) mass is 362 g/mol. The third-order valence-corrected chi connectivity index (χ3v) is 5.26. The Morgan fingerprint density at radius 2 is 1.30 bits per heavy atom. The van der Waals surface area contributed by atoms with Crippen LogP contribution in [0.3, 0.4) is 0 Å². The van der Waals surface area contributed by atoms with Crippen molar-refractivity contribution in [2.75, 3.05) is 0 Å². The molecule has 0 nitrogen and oxygen atoms in total. The van der Waals surface area contributed by atoms with Gasteiger partial charge in [0.15, 0.2) is 0 Å². The van der Waals surface area contributed by atoms with Crippen molar-refractivity contribution in [1.82, 2.24) is 0 Å². The summed E-state index contributed by atoms with van der Waals surface area (Å²) < 4.78 is 0. The maximum absolute atomic E-state index is 2.34. The van der Waals surface area contributed by atoms with Gasteiger partial charge in [0.1, 0.15) is 0 Å². The van der Waals surface area contributed by atoms with Crippen LogP contribution < -0.4 is 0 Å². The molecule has 0 saturated heterocycles. The third kappa shape index (κ3) is 9.09. The minimum atomic E-state index is 1.12. The number of hydrogen-bond donors (Lipinski definition) is 0. The molecule has 0 aliphatic rings. The summed E-state index contributed by atoms with van der Waals surface area (Å²) in [6.45, 7) is 4.50. The second kappa shape index (κ2) is 13.4. The molecule has 0 amide bonds. The highest BCUT2D eigenvalue weighted by atomic mass is 14.0. The minimum Gasteiger partial charge on any atom is -0.0840 e. The average molecular weight is 363 g/mol. The van der Waals surface area contributed by atoms with Gasteiger partial charge < -0.3 is 0 Å². The fraction of sp³-hybridized carbons (Fsp3) is 0.481. The molecule has 0 unspecified atom stereocenters. The summed E-state index contributed by atoms with van der Waals surface area (Å²) in [6.07, 6.45) is 18.6. The first kappa shape index (κ1) is 21.5. The summed E-state index contributed by atoms with van der Waals surface area (Å²) in [5, 5.41) is 0. The van der Waals surface area contributed by atoms with Crippen LogP contribution in [0.4, 0.5) is 0 Å². The average Bonchev–Trinajstić information content (AvgIpc) is 2.70. The molecule has 0 saturated carbocycles. The predicted molar refractivity (Wildman–Crippen MR) is 121 cm³/mol. The highest BCUT2D eigenvalue weighted by molar-refractivity contribution is 5.50. The van der Waals surface area contributed by atoms with Crippen LogP contribution >= 0.6 is 0 Å². The highest BCUT2D eigenvalue weighted by Gasteiger charge is 1.99. The number of allylic oxidation sites excluding steroid dienone is 1. The van der Waals surface area contributed by atoms with Gasteiger partial charge in [-0.25, -0.2) is 0 Å². The molecule has 0 heteroatoms. The SMILES string of the molecule is CCC/C=C/c1cccc(CCc2ccc(CCCCCCCC)cc2)c1. The maximum atomic E-state index is 2.34. The Morgan fingerprint density at radius 1 is 0.630 bits per heavy atom. The van der Waals surface area contributed by atoms with Gasteiger partial charge in [0.2, 0.25) is 0 Å². The molecule has 0 heterocycles. The number of rotatable bonds is 13. The van der Waals surface area contributed by atoms with Crippen molar-refractivity contribution in [3.8, 4) is 0 Å². The molecule has 0 aromatic heterocycles. The van der Waals surface area contributed by atoms with Crippen molar-refractivity contribution in [2.45, 2.75) is 84.5 Å². The lowest BCUT2D eigenvalue weighted by molar-refractivity contribution is 0.607. The van der Waals surface area contributed by atoms with Crippen LogP contribution in [0.1, 0.15) is 87.5 Å². The van der Waals surface area contributed by atoms with E-state index in [-0.39, 0.29) is 0 Å². The topological polar surface area (TPSA) is 0 Å². The van der Waals surface area contributed by atoms with Gasteiger partial charge in [-0.3, -0.25) is 0 Å². The molecule has 0 bridgehead atoms. The number of benzene rings is 2. The summed E-state index contributed by atoms with van der Waals surface area (Å²) in [5.74, 6) is 0. The molecule has 0 radical (unpaired) electrons. The molecule has 2 aromatic carbocycles. The predicted octanol–water partition coefficient (Wildman–Crippen LogP) is 8.19. The van der Waals surface area contributed by atoms with E-state index in [4.69, 9.17) is 0 Å². The van der Waals surface area contributed by atoms with Crippen molar-refractivity contribution in [3.05, 3.63) is 76.9 Å². The van der Waals surface area contributed by atoms with Gasteiger partial charge >= 0.3 is 0 Å². The summed E-state index contributed by atoms with van der Waals surface area (Å²) >= 11 is 0. The van der Waals surface area contributed by atoms with Crippen LogP contribution in [0.25, 0.3) is 6.08 Å². The summed E-state index contributed by atoms with van der Waals surface area (Å²) in [6, 6.07) is 18.3. The van der Waals surface area contributed by atoms with E-state index in [2.05, 4.69) is 74.5 Å². The van der Waals surface area contributed by atoms with Crippen molar-refractivity contribution < 1.29 is 0 Å². The number of hydrogen-bond acceptors (Lipinski definition) is 0. The van der Waals surface area contributed by atoms with Crippen LogP contribution in [-0.2, 0) is 19.3 Å². The van der Waals surface area contributed by atoms with E-state index >= 15 is 0 Å². The normalized spacial score (nSPS) is 11.3. The van der Waals surface area contributed by atoms with Crippen molar-refractivity contribution >= 4 is 6.08 Å². The lowest BCUT2D eigenvalue weighted by Crippen LogP contribution is -1.93. The lowest BCUT2D eigenvalue weighted by Gasteiger charge is -2.06. The summed E-state index contributed by atoms with van der Waals surface area (Å²) in [5.41, 5.74) is 5.71. The van der Waals surface area contributed by atoms with E-state index in [0.29, 0.717) is 0 Å². The Labute approximate surface area is 167 Å². The van der Waals surface area contributed by atoms with Gasteiger partial charge in [-0.1, -0.05) is 113 Å². The van der Waals surface area contributed by atoms with Gasteiger partial charge in [0, 0.05) is 0 Å². The molecule has 0 spiro atoms. The molecule has 2 aromatic rings. The zero-order chi connectivity index (χ0) is 19.2. The molecule has 0 fully saturated rings. The van der Waals surface area contributed by atoms with Crippen LogP contribution in [0.15, 0.2) is 54.6 Å². The Hall–Kier alpha value is -1.82. The zero-order valence-corrected chi connectivity index (χ0v) is 17.6. The van der Waals surface area contributed by atoms with E-state index in [9.17, 15) is 0 Å². The molecule has 0 N–H and O–H groups in total. The second-order valence-electron chi connectivity index (χ2n) is 7.77.